The van der Waals surface area contributed by atoms with Crippen molar-refractivity contribution in [2.75, 3.05) is 18.1 Å². The molecule has 0 aromatic carbocycles. The van der Waals surface area contributed by atoms with E-state index in [1.807, 2.05) is 6.07 Å². The minimum atomic E-state index is 0.212. The molecular formula is C8H11BrN2OS. The summed E-state index contributed by atoms with van der Waals surface area (Å²) in [5, 5.41) is 9.42. The number of aliphatic hydroxyl groups excluding tert-OH is 1. The monoisotopic (exact) mass is 262 g/mol. The van der Waals surface area contributed by atoms with E-state index < -0.39 is 0 Å². The Bertz CT molecular complexity index is 283. The fourth-order valence-corrected chi connectivity index (χ4v) is 1.97. The summed E-state index contributed by atoms with van der Waals surface area (Å²) in [7, 11) is 0. The van der Waals surface area contributed by atoms with Crippen LogP contribution in [0.25, 0.3) is 0 Å². The van der Waals surface area contributed by atoms with Gasteiger partial charge in [-0.2, -0.15) is 0 Å². The highest BCUT2D eigenvalue weighted by atomic mass is 79.9. The Labute approximate surface area is 89.9 Å². The number of nitrogens with two attached hydrogens (primary N) is 1. The lowest BCUT2D eigenvalue weighted by Crippen LogP contribution is -1.93. The Hall–Kier alpha value is -0.260. The molecule has 0 aliphatic heterocycles. The molecule has 1 rings (SSSR count). The van der Waals surface area contributed by atoms with Crippen molar-refractivity contribution < 1.29 is 5.11 Å². The van der Waals surface area contributed by atoms with Gasteiger partial charge in [0.1, 0.15) is 5.03 Å². The number of halogens is 1. The Morgan fingerprint density at radius 3 is 3.00 bits per heavy atom. The second kappa shape index (κ2) is 5.47. The average Bonchev–Trinajstić information content (AvgIpc) is 2.09. The van der Waals surface area contributed by atoms with Gasteiger partial charge in [0.15, 0.2) is 0 Å². The molecule has 1 aromatic heterocycles. The molecule has 0 spiro atoms. The highest BCUT2D eigenvalue weighted by molar-refractivity contribution is 9.10. The lowest BCUT2D eigenvalue weighted by atomic mass is 10.4. The molecular weight excluding hydrogens is 252 g/mol. The zero-order chi connectivity index (χ0) is 9.68. The molecule has 0 bridgehead atoms. The number of hydrogen-bond acceptors (Lipinski definition) is 4. The predicted octanol–water partition coefficient (Wildman–Crippen LogP) is 1.90. The van der Waals surface area contributed by atoms with Crippen LogP contribution in [0.1, 0.15) is 6.42 Å². The number of nitrogens with zero attached hydrogens (tertiary/aromatic N) is 1. The van der Waals surface area contributed by atoms with Gasteiger partial charge in [0, 0.05) is 23.0 Å². The van der Waals surface area contributed by atoms with Crippen LogP contribution in [0, 0.1) is 0 Å². The van der Waals surface area contributed by atoms with Crippen LogP contribution in [0.15, 0.2) is 21.8 Å². The van der Waals surface area contributed by atoms with Gasteiger partial charge < -0.3 is 10.8 Å². The molecule has 5 heteroatoms. The van der Waals surface area contributed by atoms with E-state index in [1.54, 1.807) is 18.0 Å². The lowest BCUT2D eigenvalue weighted by molar-refractivity contribution is 0.296. The van der Waals surface area contributed by atoms with E-state index in [1.165, 1.54) is 0 Å². The molecule has 3 nitrogen and oxygen atoms in total. The molecule has 72 valence electrons. The summed E-state index contributed by atoms with van der Waals surface area (Å²) >= 11 is 4.85. The number of aromatic nitrogens is 1. The molecule has 0 radical (unpaired) electrons. The smallest absolute Gasteiger partial charge is 0.119 e. The van der Waals surface area contributed by atoms with Crippen LogP contribution in [0.3, 0.4) is 0 Å². The van der Waals surface area contributed by atoms with Crippen molar-refractivity contribution in [1.82, 2.24) is 4.98 Å². The molecule has 13 heavy (non-hydrogen) atoms. The topological polar surface area (TPSA) is 59.1 Å². The van der Waals surface area contributed by atoms with E-state index in [2.05, 4.69) is 20.9 Å². The van der Waals surface area contributed by atoms with Crippen LogP contribution < -0.4 is 5.73 Å². The van der Waals surface area contributed by atoms with Crippen LogP contribution in [0.2, 0.25) is 0 Å². The van der Waals surface area contributed by atoms with Gasteiger partial charge in [0.2, 0.25) is 0 Å². The van der Waals surface area contributed by atoms with Crippen LogP contribution in [0.5, 0.6) is 0 Å². The van der Waals surface area contributed by atoms with Gasteiger partial charge in [-0.15, -0.1) is 11.8 Å². The highest BCUT2D eigenvalue weighted by Gasteiger charge is 2.01. The van der Waals surface area contributed by atoms with Crippen LogP contribution in [-0.2, 0) is 0 Å². The summed E-state index contributed by atoms with van der Waals surface area (Å²) in [5.74, 6) is 0.843. The van der Waals surface area contributed by atoms with Crippen molar-refractivity contribution in [3.63, 3.8) is 0 Å². The number of anilines is 1. The van der Waals surface area contributed by atoms with E-state index in [0.29, 0.717) is 5.69 Å². The molecule has 0 unspecified atom stereocenters. The van der Waals surface area contributed by atoms with E-state index in [-0.39, 0.29) is 6.61 Å². The molecule has 1 aromatic rings. The predicted molar refractivity (Wildman–Crippen MR) is 58.8 cm³/mol. The van der Waals surface area contributed by atoms with E-state index in [9.17, 15) is 0 Å². The Morgan fingerprint density at radius 1 is 1.62 bits per heavy atom. The number of rotatable bonds is 4. The van der Waals surface area contributed by atoms with Crippen molar-refractivity contribution in [3.8, 4) is 0 Å². The molecule has 0 atom stereocenters. The first-order chi connectivity index (χ1) is 6.24. The summed E-state index contributed by atoms with van der Waals surface area (Å²) in [5.41, 5.74) is 6.41. The lowest BCUT2D eigenvalue weighted by Gasteiger charge is -2.03. The minimum absolute atomic E-state index is 0.212. The first-order valence-corrected chi connectivity index (χ1v) is 5.66. The third-order valence-corrected chi connectivity index (χ3v) is 2.93. The van der Waals surface area contributed by atoms with Crippen LogP contribution in [-0.4, -0.2) is 22.5 Å². The molecule has 0 amide bonds. The number of thioether (sulfide) groups is 1. The third kappa shape index (κ3) is 3.54. The molecule has 0 fully saturated rings. The maximum Gasteiger partial charge on any atom is 0.119 e. The van der Waals surface area contributed by atoms with Crippen LogP contribution in [0.4, 0.5) is 5.69 Å². The van der Waals surface area contributed by atoms with Gasteiger partial charge in [-0.3, -0.25) is 0 Å². The maximum atomic E-state index is 8.59. The Balaban J connectivity index is 2.56. The standard InChI is InChI=1S/C8H11BrN2OS/c9-6-4-7(10)8(11-5-6)13-3-1-2-12/h4-5,12H,1-3,10H2. The molecule has 0 aliphatic carbocycles. The molecule has 0 saturated heterocycles. The first kappa shape index (κ1) is 10.8. The number of aliphatic hydroxyl groups is 1. The second-order valence-corrected chi connectivity index (χ2v) is 4.47. The summed E-state index contributed by atoms with van der Waals surface area (Å²) in [6, 6.07) is 1.83. The average molecular weight is 263 g/mol. The quantitative estimate of drug-likeness (QED) is 0.643. The summed E-state index contributed by atoms with van der Waals surface area (Å²) < 4.78 is 0.886. The first-order valence-electron chi connectivity index (χ1n) is 3.88. The fraction of sp³-hybridized carbons (Fsp3) is 0.375. The Kier molecular flexibility index (Phi) is 4.55. The maximum absolute atomic E-state index is 8.59. The van der Waals surface area contributed by atoms with E-state index in [4.69, 9.17) is 10.8 Å². The molecule has 3 N–H and O–H groups in total. The third-order valence-electron chi connectivity index (χ3n) is 1.39. The van der Waals surface area contributed by atoms with Crippen molar-refractivity contribution in [2.24, 2.45) is 0 Å². The minimum Gasteiger partial charge on any atom is -0.397 e. The second-order valence-electron chi connectivity index (χ2n) is 2.47. The molecule has 0 aliphatic rings. The zero-order valence-corrected chi connectivity index (χ0v) is 9.44. The van der Waals surface area contributed by atoms with Gasteiger partial charge in [0.05, 0.1) is 5.69 Å². The van der Waals surface area contributed by atoms with Gasteiger partial charge >= 0.3 is 0 Å². The fourth-order valence-electron chi connectivity index (χ4n) is 0.796. The molecule has 0 saturated carbocycles. The SMILES string of the molecule is Nc1cc(Br)cnc1SCCCO. The van der Waals surface area contributed by atoms with Gasteiger partial charge in [-0.1, -0.05) is 0 Å². The number of hydrogen-bond donors (Lipinski definition) is 2. The summed E-state index contributed by atoms with van der Waals surface area (Å²) in [6.07, 6.45) is 2.49. The van der Waals surface area contributed by atoms with Crippen molar-refractivity contribution in [1.29, 1.82) is 0 Å². The number of pyridine rings is 1. The largest absolute Gasteiger partial charge is 0.397 e. The highest BCUT2D eigenvalue weighted by Crippen LogP contribution is 2.25. The van der Waals surface area contributed by atoms with E-state index in [0.717, 1.165) is 21.7 Å². The normalized spacial score (nSPS) is 10.3. The van der Waals surface area contributed by atoms with Gasteiger partial charge in [0.25, 0.3) is 0 Å². The van der Waals surface area contributed by atoms with Crippen molar-refractivity contribution in [3.05, 3.63) is 16.7 Å². The van der Waals surface area contributed by atoms with Crippen molar-refractivity contribution >= 4 is 33.4 Å². The van der Waals surface area contributed by atoms with Crippen molar-refractivity contribution in [2.45, 2.75) is 11.4 Å². The summed E-state index contributed by atoms with van der Waals surface area (Å²) in [4.78, 5) is 4.16. The van der Waals surface area contributed by atoms with Crippen LogP contribution >= 0.6 is 27.7 Å². The zero-order valence-electron chi connectivity index (χ0n) is 7.03. The van der Waals surface area contributed by atoms with Gasteiger partial charge in [-0.05, 0) is 28.4 Å². The molecule has 1 heterocycles. The Morgan fingerprint density at radius 2 is 2.38 bits per heavy atom. The number of nitrogen functional groups attached to an aromatic ring is 1. The van der Waals surface area contributed by atoms with Gasteiger partial charge in [-0.25, -0.2) is 4.98 Å². The van der Waals surface area contributed by atoms with E-state index >= 15 is 0 Å². The summed E-state index contributed by atoms with van der Waals surface area (Å²) in [6.45, 7) is 0.212.